The van der Waals surface area contributed by atoms with Gasteiger partial charge >= 0.3 is 0 Å². The van der Waals surface area contributed by atoms with Crippen molar-refractivity contribution in [2.45, 2.75) is 31.4 Å². The Morgan fingerprint density at radius 3 is 1.98 bits per heavy atom. The standard InChI is InChI=1S/C50H44N2O5S2/c53-47(33-51-45(40-21-11-4-12-22-40)29-30-56-42-26-27-44-43-23-13-14-24-49(43)58-50(44)32-42)41-25-28-48(57-35-38-17-7-2-8-18-38)46(31-41)52(34-37-15-5-1-6-16-37)59(54,55)36-39-19-9-3-10-20-39/h1-28,31-32,45,51H,29-30,33-36H2. The fourth-order valence-electron chi connectivity index (χ4n) is 7.17. The molecule has 1 atom stereocenters. The summed E-state index contributed by atoms with van der Waals surface area (Å²) < 4.78 is 45.4. The number of hydrogen-bond donors (Lipinski definition) is 1. The predicted octanol–water partition coefficient (Wildman–Crippen LogP) is 11.2. The van der Waals surface area contributed by atoms with Crippen LogP contribution in [0.5, 0.6) is 11.5 Å². The summed E-state index contributed by atoms with van der Waals surface area (Å²) in [6.07, 6.45) is 0.613. The van der Waals surface area contributed by atoms with Gasteiger partial charge in [-0.15, -0.1) is 11.3 Å². The molecule has 1 aromatic heterocycles. The first-order valence-corrected chi connectivity index (χ1v) is 22.1. The molecule has 8 aromatic rings. The van der Waals surface area contributed by atoms with Gasteiger partial charge in [0.25, 0.3) is 0 Å². The van der Waals surface area contributed by atoms with Crippen molar-refractivity contribution in [2.24, 2.45) is 0 Å². The molecule has 0 aliphatic rings. The molecule has 7 nitrogen and oxygen atoms in total. The van der Waals surface area contributed by atoms with E-state index in [0.29, 0.717) is 35.6 Å². The Morgan fingerprint density at radius 2 is 1.25 bits per heavy atom. The maximum absolute atomic E-state index is 14.5. The molecule has 0 fully saturated rings. The zero-order valence-electron chi connectivity index (χ0n) is 32.4. The van der Waals surface area contributed by atoms with E-state index >= 15 is 0 Å². The summed E-state index contributed by atoms with van der Waals surface area (Å²) >= 11 is 1.75. The lowest BCUT2D eigenvalue weighted by atomic mass is 10.0. The molecule has 0 saturated carbocycles. The Kier molecular flexibility index (Phi) is 12.4. The van der Waals surface area contributed by atoms with E-state index < -0.39 is 10.0 Å². The highest BCUT2D eigenvalue weighted by Gasteiger charge is 2.28. The second-order valence-electron chi connectivity index (χ2n) is 14.4. The van der Waals surface area contributed by atoms with Gasteiger partial charge in [-0.05, 0) is 64.7 Å². The van der Waals surface area contributed by atoms with Gasteiger partial charge in [-0.2, -0.15) is 0 Å². The highest BCUT2D eigenvalue weighted by atomic mass is 32.2. The van der Waals surface area contributed by atoms with Crippen LogP contribution in [0.25, 0.3) is 20.2 Å². The van der Waals surface area contributed by atoms with Gasteiger partial charge in [-0.25, -0.2) is 8.42 Å². The van der Waals surface area contributed by atoms with Crippen LogP contribution in [0.1, 0.15) is 45.1 Å². The normalized spacial score (nSPS) is 12.0. The third-order valence-corrected chi connectivity index (χ3v) is 13.0. The van der Waals surface area contributed by atoms with Gasteiger partial charge in [-0.1, -0.05) is 140 Å². The number of fused-ring (bicyclic) bond motifs is 3. The smallest absolute Gasteiger partial charge is 0.239 e. The lowest BCUT2D eigenvalue weighted by molar-refractivity contribution is 0.0985. The largest absolute Gasteiger partial charge is 0.493 e. The first-order valence-electron chi connectivity index (χ1n) is 19.6. The van der Waals surface area contributed by atoms with E-state index in [9.17, 15) is 13.2 Å². The molecule has 1 unspecified atom stereocenters. The van der Waals surface area contributed by atoms with Crippen LogP contribution < -0.4 is 19.1 Å². The fourth-order valence-corrected chi connectivity index (χ4v) is 9.86. The second kappa shape index (κ2) is 18.6. The Morgan fingerprint density at radius 1 is 0.627 bits per heavy atom. The summed E-state index contributed by atoms with van der Waals surface area (Å²) in [6.45, 7) is 0.730. The van der Waals surface area contributed by atoms with E-state index in [1.165, 1.54) is 24.5 Å². The van der Waals surface area contributed by atoms with Gasteiger partial charge in [0.1, 0.15) is 18.1 Å². The van der Waals surface area contributed by atoms with Crippen LogP contribution in [0.2, 0.25) is 0 Å². The van der Waals surface area contributed by atoms with Gasteiger partial charge in [-0.3, -0.25) is 9.10 Å². The lowest BCUT2D eigenvalue weighted by Gasteiger charge is -2.27. The molecule has 0 radical (unpaired) electrons. The summed E-state index contributed by atoms with van der Waals surface area (Å²) in [5.41, 5.74) is 4.09. The Bertz CT molecular complexity index is 2740. The topological polar surface area (TPSA) is 84.9 Å². The van der Waals surface area contributed by atoms with Crippen LogP contribution in [-0.2, 0) is 28.9 Å². The predicted molar refractivity (Wildman–Crippen MR) is 240 cm³/mol. The highest BCUT2D eigenvalue weighted by molar-refractivity contribution is 7.92. The quantitative estimate of drug-likeness (QED) is 0.0868. The van der Waals surface area contributed by atoms with Crippen molar-refractivity contribution in [2.75, 3.05) is 17.5 Å². The average molecular weight is 817 g/mol. The number of ether oxygens (including phenoxy) is 2. The van der Waals surface area contributed by atoms with Gasteiger partial charge in [0.2, 0.25) is 10.0 Å². The molecule has 296 valence electrons. The first-order chi connectivity index (χ1) is 28.9. The van der Waals surface area contributed by atoms with Crippen LogP contribution in [0.3, 0.4) is 0 Å². The minimum atomic E-state index is -3.98. The number of anilines is 1. The molecule has 8 rings (SSSR count). The molecule has 59 heavy (non-hydrogen) atoms. The second-order valence-corrected chi connectivity index (χ2v) is 17.3. The summed E-state index contributed by atoms with van der Waals surface area (Å²) in [5.74, 6) is 0.755. The number of nitrogens with one attached hydrogen (secondary N) is 1. The Balaban J connectivity index is 1.04. The van der Waals surface area contributed by atoms with Crippen molar-refractivity contribution >= 4 is 53.0 Å². The molecule has 7 aromatic carbocycles. The third-order valence-electron chi connectivity index (χ3n) is 10.2. The fraction of sp³-hybridized carbons (Fsp3) is 0.140. The van der Waals surface area contributed by atoms with Crippen molar-refractivity contribution in [1.82, 2.24) is 5.32 Å². The number of nitrogens with zero attached hydrogens (tertiary/aromatic N) is 1. The van der Waals surface area contributed by atoms with E-state index in [4.69, 9.17) is 9.47 Å². The van der Waals surface area contributed by atoms with E-state index in [0.717, 1.165) is 22.4 Å². The monoisotopic (exact) mass is 816 g/mol. The van der Waals surface area contributed by atoms with Gasteiger partial charge in [0.15, 0.2) is 5.78 Å². The number of hydrogen-bond acceptors (Lipinski definition) is 7. The number of ketones is 1. The molecule has 9 heteroatoms. The van der Waals surface area contributed by atoms with Crippen LogP contribution in [0.4, 0.5) is 5.69 Å². The van der Waals surface area contributed by atoms with Crippen molar-refractivity contribution in [3.05, 3.63) is 210 Å². The summed E-state index contributed by atoms with van der Waals surface area (Å²) in [5, 5.41) is 5.96. The lowest BCUT2D eigenvalue weighted by Crippen LogP contribution is -2.32. The maximum Gasteiger partial charge on any atom is 0.239 e. The zero-order valence-corrected chi connectivity index (χ0v) is 34.1. The van der Waals surface area contributed by atoms with E-state index in [1.54, 1.807) is 41.7 Å². The van der Waals surface area contributed by atoms with Crippen molar-refractivity contribution in [1.29, 1.82) is 0 Å². The van der Waals surface area contributed by atoms with Crippen molar-refractivity contribution < 1.29 is 22.7 Å². The molecule has 0 amide bonds. The van der Waals surface area contributed by atoms with Crippen LogP contribution in [0, 0.1) is 0 Å². The van der Waals surface area contributed by atoms with Crippen LogP contribution in [0.15, 0.2) is 182 Å². The van der Waals surface area contributed by atoms with E-state index in [1.807, 2.05) is 115 Å². The van der Waals surface area contributed by atoms with Gasteiger partial charge in [0, 0.05) is 38.2 Å². The number of benzene rings is 7. The third kappa shape index (κ3) is 9.89. The Labute approximate surface area is 349 Å². The van der Waals surface area contributed by atoms with Gasteiger partial charge < -0.3 is 14.8 Å². The Hall–Kier alpha value is -6.26. The van der Waals surface area contributed by atoms with Crippen LogP contribution >= 0.6 is 11.3 Å². The molecular formula is C50H44N2O5S2. The molecule has 0 aliphatic carbocycles. The molecule has 1 heterocycles. The van der Waals surface area contributed by atoms with E-state index in [-0.39, 0.29) is 37.3 Å². The minimum Gasteiger partial charge on any atom is -0.493 e. The SMILES string of the molecule is O=C(CNC(CCOc1ccc2c(c1)sc1ccccc12)c1ccccc1)c1ccc(OCc2ccccc2)c(N(Cc2ccccc2)S(=O)(=O)Cc2ccccc2)c1. The average Bonchev–Trinajstić information content (AvgIpc) is 3.65. The number of thiophene rings is 1. The number of Topliss-reactive ketones (excluding diaryl/α,β-unsaturated/α-hetero) is 1. The first kappa shape index (κ1) is 39.6. The van der Waals surface area contributed by atoms with Crippen LogP contribution in [-0.4, -0.2) is 27.4 Å². The maximum atomic E-state index is 14.5. The number of carbonyl (C=O) groups is 1. The van der Waals surface area contributed by atoms with Gasteiger partial charge in [0.05, 0.1) is 31.1 Å². The summed E-state index contributed by atoms with van der Waals surface area (Å²) in [7, 11) is -3.98. The minimum absolute atomic E-state index is 0.0203. The molecule has 1 N–H and O–H groups in total. The number of carbonyl (C=O) groups excluding carboxylic acids is 1. The summed E-state index contributed by atoms with van der Waals surface area (Å²) in [4.78, 5) is 14.1. The van der Waals surface area contributed by atoms with E-state index in [2.05, 4.69) is 41.7 Å². The summed E-state index contributed by atoms with van der Waals surface area (Å²) in [6, 6.07) is 57.8. The number of sulfonamides is 1. The van der Waals surface area contributed by atoms with Crippen molar-refractivity contribution in [3.63, 3.8) is 0 Å². The zero-order chi connectivity index (χ0) is 40.4. The molecule has 0 saturated heterocycles. The van der Waals surface area contributed by atoms with Crippen molar-refractivity contribution in [3.8, 4) is 11.5 Å². The molecular weight excluding hydrogens is 773 g/mol. The number of rotatable bonds is 18. The molecule has 0 aliphatic heterocycles. The molecule has 0 bridgehead atoms. The molecule has 0 spiro atoms. The highest BCUT2D eigenvalue weighted by Crippen LogP contribution is 2.37.